The number of nitrogens with zero attached hydrogens (tertiary/aromatic N) is 2. The van der Waals surface area contributed by atoms with E-state index < -0.39 is 0 Å². The van der Waals surface area contributed by atoms with Crippen molar-refractivity contribution in [1.82, 2.24) is 9.55 Å². The van der Waals surface area contributed by atoms with E-state index in [1.165, 1.54) is 11.8 Å². The molecule has 1 aromatic heterocycles. The van der Waals surface area contributed by atoms with Crippen LogP contribution in [-0.4, -0.2) is 28.2 Å². The molecule has 0 radical (unpaired) electrons. The number of thioether (sulfide) groups is 1. The van der Waals surface area contributed by atoms with Crippen molar-refractivity contribution in [3.63, 3.8) is 0 Å². The molecule has 0 aliphatic rings. The minimum Gasteiger partial charge on any atom is -0.497 e. The largest absolute Gasteiger partial charge is 0.497 e. The maximum atomic E-state index is 12.5. The Bertz CT molecular complexity index is 915. The summed E-state index contributed by atoms with van der Waals surface area (Å²) in [5.41, 5.74) is 4.81. The van der Waals surface area contributed by atoms with Crippen LogP contribution in [0, 0.1) is 13.8 Å². The highest BCUT2D eigenvalue weighted by Crippen LogP contribution is 2.26. The molecule has 0 aliphatic carbocycles. The number of methoxy groups -OCH3 is 1. The average molecular weight is 340 g/mol. The SMILES string of the molecule is COc1ccc2c(c1)nc(SCC(=O)c1cc(C)ccc1C)n2C. The first-order valence-corrected chi connectivity index (χ1v) is 8.72. The van der Waals surface area contributed by atoms with Gasteiger partial charge in [-0.1, -0.05) is 29.5 Å². The molecule has 0 saturated heterocycles. The summed E-state index contributed by atoms with van der Waals surface area (Å²) in [6.07, 6.45) is 0. The Morgan fingerprint density at radius 1 is 1.21 bits per heavy atom. The predicted molar refractivity (Wildman–Crippen MR) is 98.2 cm³/mol. The lowest BCUT2D eigenvalue weighted by Crippen LogP contribution is -2.06. The zero-order chi connectivity index (χ0) is 17.3. The van der Waals surface area contributed by atoms with E-state index in [2.05, 4.69) is 4.98 Å². The summed E-state index contributed by atoms with van der Waals surface area (Å²) >= 11 is 1.47. The lowest BCUT2D eigenvalue weighted by molar-refractivity contribution is 0.102. The number of ether oxygens (including phenoxy) is 1. The minimum absolute atomic E-state index is 0.130. The number of fused-ring (bicyclic) bond motifs is 1. The predicted octanol–water partition coefficient (Wildman–Crippen LogP) is 4.17. The maximum Gasteiger partial charge on any atom is 0.173 e. The molecular weight excluding hydrogens is 320 g/mol. The van der Waals surface area contributed by atoms with Gasteiger partial charge in [-0.25, -0.2) is 4.98 Å². The molecular formula is C19H20N2O2S. The second-order valence-corrected chi connectivity index (χ2v) is 6.78. The van der Waals surface area contributed by atoms with Gasteiger partial charge in [0.15, 0.2) is 10.9 Å². The van der Waals surface area contributed by atoms with Crippen molar-refractivity contribution in [2.24, 2.45) is 7.05 Å². The Labute approximate surface area is 145 Å². The number of benzene rings is 2. The third-order valence-corrected chi connectivity index (χ3v) is 5.10. The van der Waals surface area contributed by atoms with Gasteiger partial charge < -0.3 is 9.30 Å². The summed E-state index contributed by atoms with van der Waals surface area (Å²) in [4.78, 5) is 17.2. The second-order valence-electron chi connectivity index (χ2n) is 5.84. The summed E-state index contributed by atoms with van der Waals surface area (Å²) in [7, 11) is 3.61. The van der Waals surface area contributed by atoms with E-state index in [1.54, 1.807) is 7.11 Å². The Hall–Kier alpha value is -2.27. The summed E-state index contributed by atoms with van der Waals surface area (Å²) in [6, 6.07) is 11.8. The molecule has 0 amide bonds. The van der Waals surface area contributed by atoms with Crippen LogP contribution in [0.25, 0.3) is 11.0 Å². The number of aromatic nitrogens is 2. The molecule has 3 aromatic rings. The van der Waals surface area contributed by atoms with Crippen LogP contribution in [0.4, 0.5) is 0 Å². The van der Waals surface area contributed by atoms with Crippen LogP contribution in [0.3, 0.4) is 0 Å². The molecule has 1 heterocycles. The Balaban J connectivity index is 1.81. The van der Waals surface area contributed by atoms with Crippen LogP contribution < -0.4 is 4.74 Å². The Morgan fingerprint density at radius 3 is 2.75 bits per heavy atom. The number of rotatable bonds is 5. The third kappa shape index (κ3) is 3.17. The van der Waals surface area contributed by atoms with Crippen LogP contribution in [-0.2, 0) is 7.05 Å². The van der Waals surface area contributed by atoms with E-state index in [4.69, 9.17) is 4.74 Å². The van der Waals surface area contributed by atoms with Gasteiger partial charge in [-0.15, -0.1) is 0 Å². The van der Waals surface area contributed by atoms with Gasteiger partial charge in [0.2, 0.25) is 0 Å². The van der Waals surface area contributed by atoms with Crippen LogP contribution >= 0.6 is 11.8 Å². The molecule has 2 aromatic carbocycles. The van der Waals surface area contributed by atoms with Crippen molar-refractivity contribution >= 4 is 28.6 Å². The summed E-state index contributed by atoms with van der Waals surface area (Å²) in [6.45, 7) is 3.97. The third-order valence-electron chi connectivity index (χ3n) is 4.07. The first-order chi connectivity index (χ1) is 11.5. The number of ketones is 1. The molecule has 0 aliphatic heterocycles. The number of hydrogen-bond donors (Lipinski definition) is 0. The smallest absolute Gasteiger partial charge is 0.173 e. The fourth-order valence-corrected chi connectivity index (χ4v) is 3.53. The van der Waals surface area contributed by atoms with Gasteiger partial charge in [0.1, 0.15) is 5.75 Å². The van der Waals surface area contributed by atoms with E-state index in [9.17, 15) is 4.79 Å². The van der Waals surface area contributed by atoms with Gasteiger partial charge in [0, 0.05) is 18.7 Å². The first-order valence-electron chi connectivity index (χ1n) is 7.73. The Morgan fingerprint density at radius 2 is 2.00 bits per heavy atom. The molecule has 0 fully saturated rings. The zero-order valence-corrected chi connectivity index (χ0v) is 15.1. The summed E-state index contributed by atoms with van der Waals surface area (Å²) in [5, 5.41) is 0.830. The molecule has 0 bridgehead atoms. The standard InChI is InChI=1S/C19H20N2O2S/c1-12-5-6-13(2)15(9-12)18(22)11-24-19-20-16-10-14(23-4)7-8-17(16)21(19)3/h5-10H,11H2,1-4H3. The van der Waals surface area contributed by atoms with Crippen LogP contribution in [0.2, 0.25) is 0 Å². The van der Waals surface area contributed by atoms with Crippen molar-refractivity contribution in [2.75, 3.05) is 12.9 Å². The van der Waals surface area contributed by atoms with Crippen molar-refractivity contribution < 1.29 is 9.53 Å². The molecule has 0 saturated carbocycles. The molecule has 24 heavy (non-hydrogen) atoms. The summed E-state index contributed by atoms with van der Waals surface area (Å²) < 4.78 is 7.25. The van der Waals surface area contributed by atoms with Gasteiger partial charge >= 0.3 is 0 Å². The lowest BCUT2D eigenvalue weighted by Gasteiger charge is -2.06. The van der Waals surface area contributed by atoms with Crippen molar-refractivity contribution in [2.45, 2.75) is 19.0 Å². The van der Waals surface area contributed by atoms with Gasteiger partial charge in [-0.3, -0.25) is 4.79 Å². The number of aryl methyl sites for hydroxylation is 3. The number of imidazole rings is 1. The quantitative estimate of drug-likeness (QED) is 0.516. The fourth-order valence-electron chi connectivity index (χ4n) is 2.66. The van der Waals surface area contributed by atoms with Crippen LogP contribution in [0.5, 0.6) is 5.75 Å². The number of hydrogen-bond acceptors (Lipinski definition) is 4. The molecule has 0 unspecified atom stereocenters. The van der Waals surface area contributed by atoms with Crippen molar-refractivity contribution in [3.05, 3.63) is 53.1 Å². The van der Waals surface area contributed by atoms with E-state index in [0.29, 0.717) is 5.75 Å². The van der Waals surface area contributed by atoms with Crippen molar-refractivity contribution in [3.8, 4) is 5.75 Å². The maximum absolute atomic E-state index is 12.5. The highest BCUT2D eigenvalue weighted by Gasteiger charge is 2.14. The highest BCUT2D eigenvalue weighted by molar-refractivity contribution is 7.99. The average Bonchev–Trinajstić information content (AvgIpc) is 2.90. The molecule has 0 spiro atoms. The summed E-state index contributed by atoms with van der Waals surface area (Å²) in [5.74, 6) is 1.29. The molecule has 0 N–H and O–H groups in total. The van der Waals surface area contributed by atoms with E-state index >= 15 is 0 Å². The van der Waals surface area contributed by atoms with E-state index in [0.717, 1.165) is 38.6 Å². The molecule has 3 rings (SSSR count). The monoisotopic (exact) mass is 340 g/mol. The molecule has 5 heteroatoms. The normalized spacial score (nSPS) is 11.0. The Kier molecular flexibility index (Phi) is 4.62. The molecule has 0 atom stereocenters. The van der Waals surface area contributed by atoms with Crippen LogP contribution in [0.1, 0.15) is 21.5 Å². The molecule has 4 nitrogen and oxygen atoms in total. The van der Waals surface area contributed by atoms with Gasteiger partial charge in [0.25, 0.3) is 0 Å². The second kappa shape index (κ2) is 6.69. The van der Waals surface area contributed by atoms with Crippen LogP contribution in [0.15, 0.2) is 41.6 Å². The first kappa shape index (κ1) is 16.6. The topological polar surface area (TPSA) is 44.1 Å². The zero-order valence-electron chi connectivity index (χ0n) is 14.3. The van der Waals surface area contributed by atoms with E-state index in [-0.39, 0.29) is 5.78 Å². The van der Waals surface area contributed by atoms with Crippen molar-refractivity contribution in [1.29, 1.82) is 0 Å². The van der Waals surface area contributed by atoms with Gasteiger partial charge in [-0.05, 0) is 37.6 Å². The molecule has 124 valence electrons. The number of carbonyl (C=O) groups is 1. The minimum atomic E-state index is 0.130. The van der Waals surface area contributed by atoms with E-state index in [1.807, 2.05) is 61.9 Å². The van der Waals surface area contributed by atoms with Gasteiger partial charge in [-0.2, -0.15) is 0 Å². The highest BCUT2D eigenvalue weighted by atomic mass is 32.2. The number of Topliss-reactive ketones (excluding diaryl/α,β-unsaturated/α-hetero) is 1. The van der Waals surface area contributed by atoms with Gasteiger partial charge in [0.05, 0.1) is 23.9 Å². The number of carbonyl (C=O) groups excluding carboxylic acids is 1. The fraction of sp³-hybridized carbons (Fsp3) is 0.263. The lowest BCUT2D eigenvalue weighted by atomic mass is 10.0.